The first kappa shape index (κ1) is 13.9. The highest BCUT2D eigenvalue weighted by Crippen LogP contribution is 2.16. The molecule has 2 aromatic rings. The number of rotatable bonds is 4. The number of benzene rings is 2. The predicted molar refractivity (Wildman–Crippen MR) is 78.6 cm³/mol. The third-order valence-electron chi connectivity index (χ3n) is 2.67. The van der Waals surface area contributed by atoms with E-state index in [1.165, 1.54) is 0 Å². The van der Waals surface area contributed by atoms with E-state index in [1.807, 2.05) is 0 Å². The van der Waals surface area contributed by atoms with Crippen LogP contribution in [0.1, 0.15) is 11.1 Å². The predicted octanol–water partition coefficient (Wildman–Crippen LogP) is 3.04. The molecule has 3 nitrogen and oxygen atoms in total. The summed E-state index contributed by atoms with van der Waals surface area (Å²) in [5, 5.41) is 0.597. The van der Waals surface area contributed by atoms with Crippen LogP contribution in [-0.4, -0.2) is 8.42 Å². The third kappa shape index (κ3) is 4.26. The molecule has 5 heteroatoms. The molecule has 0 unspecified atom stereocenters. The van der Waals surface area contributed by atoms with Crippen LogP contribution >= 0.6 is 11.6 Å². The maximum absolute atomic E-state index is 12.1. The number of sulfone groups is 1. The Morgan fingerprint density at radius 1 is 0.842 bits per heavy atom. The van der Waals surface area contributed by atoms with Crippen molar-refractivity contribution in [3.8, 4) is 0 Å². The zero-order valence-corrected chi connectivity index (χ0v) is 11.8. The van der Waals surface area contributed by atoms with Gasteiger partial charge < -0.3 is 5.73 Å². The van der Waals surface area contributed by atoms with Gasteiger partial charge in [-0.15, -0.1) is 0 Å². The average Bonchev–Trinajstić information content (AvgIpc) is 2.34. The maximum Gasteiger partial charge on any atom is 0.158 e. The van der Waals surface area contributed by atoms with Gasteiger partial charge in [0.05, 0.1) is 11.5 Å². The molecule has 0 bridgehead atoms. The fourth-order valence-electron chi connectivity index (χ4n) is 1.75. The Hall–Kier alpha value is -1.52. The van der Waals surface area contributed by atoms with Crippen molar-refractivity contribution in [2.75, 3.05) is 5.73 Å². The van der Waals surface area contributed by atoms with Gasteiger partial charge in [0, 0.05) is 10.7 Å². The molecule has 100 valence electrons. The van der Waals surface area contributed by atoms with Crippen molar-refractivity contribution in [1.29, 1.82) is 0 Å². The Morgan fingerprint density at radius 2 is 1.26 bits per heavy atom. The van der Waals surface area contributed by atoms with Gasteiger partial charge in [0.2, 0.25) is 0 Å². The summed E-state index contributed by atoms with van der Waals surface area (Å²) in [7, 11) is -3.20. The van der Waals surface area contributed by atoms with E-state index >= 15 is 0 Å². The van der Waals surface area contributed by atoms with Crippen molar-refractivity contribution >= 4 is 27.1 Å². The smallest absolute Gasteiger partial charge is 0.158 e. The standard InChI is InChI=1S/C14H14ClNO2S/c15-13-5-1-11(2-6-13)9-19(17,18)10-12-3-7-14(16)8-4-12/h1-8H,9-10,16H2. The van der Waals surface area contributed by atoms with E-state index in [2.05, 4.69) is 0 Å². The molecule has 19 heavy (non-hydrogen) atoms. The first-order chi connectivity index (χ1) is 8.94. The molecule has 0 radical (unpaired) electrons. The van der Waals surface area contributed by atoms with Crippen LogP contribution in [-0.2, 0) is 21.3 Å². The monoisotopic (exact) mass is 295 g/mol. The van der Waals surface area contributed by atoms with E-state index in [0.717, 1.165) is 11.1 Å². The molecule has 2 rings (SSSR count). The molecule has 2 N–H and O–H groups in total. The molecular weight excluding hydrogens is 282 g/mol. The number of anilines is 1. The lowest BCUT2D eigenvalue weighted by atomic mass is 10.2. The van der Waals surface area contributed by atoms with E-state index in [-0.39, 0.29) is 11.5 Å². The zero-order valence-electron chi connectivity index (χ0n) is 10.2. The summed E-state index contributed by atoms with van der Waals surface area (Å²) >= 11 is 5.77. The molecule has 0 aliphatic carbocycles. The number of hydrogen-bond donors (Lipinski definition) is 1. The molecule has 0 aromatic heterocycles. The van der Waals surface area contributed by atoms with Crippen LogP contribution in [0.15, 0.2) is 48.5 Å². The largest absolute Gasteiger partial charge is 0.399 e. The van der Waals surface area contributed by atoms with E-state index in [0.29, 0.717) is 10.7 Å². The third-order valence-corrected chi connectivity index (χ3v) is 4.46. The average molecular weight is 296 g/mol. The van der Waals surface area contributed by atoms with Gasteiger partial charge in [-0.25, -0.2) is 8.42 Å². The van der Waals surface area contributed by atoms with Crippen LogP contribution in [0.2, 0.25) is 5.02 Å². The summed E-state index contributed by atoms with van der Waals surface area (Å²) < 4.78 is 24.1. The summed E-state index contributed by atoms with van der Waals surface area (Å²) in [5.41, 5.74) is 7.67. The molecule has 0 aliphatic heterocycles. The van der Waals surface area contributed by atoms with Crippen molar-refractivity contribution in [2.24, 2.45) is 0 Å². The molecule has 0 amide bonds. The van der Waals surface area contributed by atoms with Crippen molar-refractivity contribution in [2.45, 2.75) is 11.5 Å². The zero-order chi connectivity index (χ0) is 13.9. The summed E-state index contributed by atoms with van der Waals surface area (Å²) in [6, 6.07) is 13.7. The van der Waals surface area contributed by atoms with E-state index < -0.39 is 9.84 Å². The Labute approximate surface area is 117 Å². The molecule has 0 spiro atoms. The highest BCUT2D eigenvalue weighted by Gasteiger charge is 2.13. The number of hydrogen-bond acceptors (Lipinski definition) is 3. The van der Waals surface area contributed by atoms with Gasteiger partial charge in [0.15, 0.2) is 9.84 Å². The quantitative estimate of drug-likeness (QED) is 0.882. The van der Waals surface area contributed by atoms with Gasteiger partial charge in [0.25, 0.3) is 0 Å². The van der Waals surface area contributed by atoms with Gasteiger partial charge in [-0.2, -0.15) is 0 Å². The molecule has 0 atom stereocenters. The lowest BCUT2D eigenvalue weighted by Crippen LogP contribution is -2.07. The van der Waals surface area contributed by atoms with E-state index in [4.69, 9.17) is 17.3 Å². The van der Waals surface area contributed by atoms with Gasteiger partial charge >= 0.3 is 0 Å². The highest BCUT2D eigenvalue weighted by molar-refractivity contribution is 7.89. The van der Waals surface area contributed by atoms with E-state index in [9.17, 15) is 8.42 Å². The van der Waals surface area contributed by atoms with Gasteiger partial charge in [0.1, 0.15) is 0 Å². The van der Waals surface area contributed by atoms with E-state index in [1.54, 1.807) is 48.5 Å². The first-order valence-corrected chi connectivity index (χ1v) is 7.94. The minimum atomic E-state index is -3.20. The summed E-state index contributed by atoms with van der Waals surface area (Å²) in [5.74, 6) is 0.0183. The Morgan fingerprint density at radius 3 is 1.74 bits per heavy atom. The van der Waals surface area contributed by atoms with Crippen LogP contribution in [0.3, 0.4) is 0 Å². The molecule has 0 aliphatic rings. The molecular formula is C14H14ClNO2S. The molecule has 0 saturated heterocycles. The second kappa shape index (κ2) is 5.63. The van der Waals surface area contributed by atoms with Crippen LogP contribution < -0.4 is 5.73 Å². The topological polar surface area (TPSA) is 60.2 Å². The van der Waals surface area contributed by atoms with Crippen molar-refractivity contribution < 1.29 is 8.42 Å². The lowest BCUT2D eigenvalue weighted by Gasteiger charge is -2.05. The number of nitrogens with two attached hydrogens (primary N) is 1. The number of halogens is 1. The molecule has 0 fully saturated rings. The Kier molecular flexibility index (Phi) is 4.12. The first-order valence-electron chi connectivity index (χ1n) is 5.74. The highest BCUT2D eigenvalue weighted by atomic mass is 35.5. The van der Waals surface area contributed by atoms with Gasteiger partial charge in [-0.3, -0.25) is 0 Å². The summed E-state index contributed by atoms with van der Waals surface area (Å²) in [6.07, 6.45) is 0. The van der Waals surface area contributed by atoms with Gasteiger partial charge in [-0.05, 0) is 35.4 Å². The van der Waals surface area contributed by atoms with Crippen LogP contribution in [0.4, 0.5) is 5.69 Å². The van der Waals surface area contributed by atoms with Crippen LogP contribution in [0, 0.1) is 0 Å². The minimum absolute atomic E-state index is 0.00848. The summed E-state index contributed by atoms with van der Waals surface area (Å²) in [6.45, 7) is 0. The molecule has 0 heterocycles. The van der Waals surface area contributed by atoms with Crippen LogP contribution in [0.25, 0.3) is 0 Å². The SMILES string of the molecule is Nc1ccc(CS(=O)(=O)Cc2ccc(Cl)cc2)cc1. The minimum Gasteiger partial charge on any atom is -0.399 e. The normalized spacial score (nSPS) is 11.4. The second-order valence-electron chi connectivity index (χ2n) is 4.40. The maximum atomic E-state index is 12.1. The van der Waals surface area contributed by atoms with Crippen molar-refractivity contribution in [1.82, 2.24) is 0 Å². The number of nitrogen functional groups attached to an aromatic ring is 1. The van der Waals surface area contributed by atoms with Crippen molar-refractivity contribution in [3.63, 3.8) is 0 Å². The van der Waals surface area contributed by atoms with Crippen molar-refractivity contribution in [3.05, 3.63) is 64.7 Å². The molecule has 2 aromatic carbocycles. The Balaban J connectivity index is 2.10. The fraction of sp³-hybridized carbons (Fsp3) is 0.143. The molecule has 0 saturated carbocycles. The Bertz CT molecular complexity index is 595. The van der Waals surface area contributed by atoms with Gasteiger partial charge in [-0.1, -0.05) is 35.9 Å². The fourth-order valence-corrected chi connectivity index (χ4v) is 3.38. The lowest BCUT2D eigenvalue weighted by molar-refractivity contribution is 0.594. The summed E-state index contributed by atoms with van der Waals surface area (Å²) in [4.78, 5) is 0. The second-order valence-corrected chi connectivity index (χ2v) is 6.90. The van der Waals surface area contributed by atoms with Crippen LogP contribution in [0.5, 0.6) is 0 Å².